The van der Waals surface area contributed by atoms with E-state index in [1.165, 1.54) is 0 Å². The average Bonchev–Trinajstić information content (AvgIpc) is 3.89. The molecule has 1 aromatic heterocycles. The predicted octanol–water partition coefficient (Wildman–Crippen LogP) is -19.9. The van der Waals surface area contributed by atoms with Crippen molar-refractivity contribution in [2.75, 3.05) is 0 Å². The molecule has 0 aliphatic heterocycles. The molecule has 56 radical (unpaired) electrons. The zero-order valence-electron chi connectivity index (χ0n) is 40.6. The highest BCUT2D eigenvalue weighted by atomic mass is 16.3. The van der Waals surface area contributed by atoms with Crippen molar-refractivity contribution in [3.8, 4) is 22.3 Å². The highest BCUT2D eigenvalue weighted by Gasteiger charge is 2.33. The van der Waals surface area contributed by atoms with E-state index in [1.54, 1.807) is 0 Å². The molecule has 0 aliphatic carbocycles. The van der Waals surface area contributed by atoms with Gasteiger partial charge in [0.05, 0.1) is 0 Å². The molecular formula is C48B28O. The molecule has 0 saturated carbocycles. The highest BCUT2D eigenvalue weighted by Crippen LogP contribution is 2.45. The number of fused-ring (bicyclic) bond motifs is 12. The van der Waals surface area contributed by atoms with E-state index < -0.39 is 0 Å². The molecule has 10 aromatic carbocycles. The smallest absolute Gasteiger partial charge is 0.141 e. The summed E-state index contributed by atoms with van der Waals surface area (Å²) in [6.07, 6.45) is 0. The molecule has 0 amide bonds. The van der Waals surface area contributed by atoms with Crippen molar-refractivity contribution in [3.05, 3.63) is 0 Å². The van der Waals surface area contributed by atoms with E-state index in [0.717, 1.165) is 0 Å². The number of rotatable bonds is 2. The molecule has 29 heteroatoms. The third kappa shape index (κ3) is 6.65. The summed E-state index contributed by atoms with van der Waals surface area (Å²) in [6.45, 7) is 0. The second kappa shape index (κ2) is 17.9. The monoisotopic (exact) mass is 900 g/mol. The molecule has 1 nitrogen and oxygen atoms in total. The van der Waals surface area contributed by atoms with Crippen molar-refractivity contribution in [3.63, 3.8) is 0 Å². The fourth-order valence-electron chi connectivity index (χ4n) is 11.4. The molecule has 0 unspecified atom stereocenters. The van der Waals surface area contributed by atoms with Crippen LogP contribution in [0.15, 0.2) is 4.42 Å². The molecule has 0 N–H and O–H groups in total. The molecular weight excluding hydrogens is 895 g/mol. The van der Waals surface area contributed by atoms with Crippen LogP contribution in [0, 0.1) is 0 Å². The number of hydrogen-bond donors (Lipinski definition) is 0. The first-order valence-corrected chi connectivity index (χ1v) is 22.7. The molecule has 1 heterocycles. The standard InChI is InChI=1S/C48B28O/c49-19-4(12-9(24(54)39(69)41(71)27(12)57)3-11-15(29(59)28(58)14(3)19)31(61)42(72)40(70)26(11)56)1-5-7(22(52)37(67)35(65)20(5)50)2(8-6(1)21(51)36(66)38(68)23(8)53)10-13-17-33(63)30(60)16-18(34(64)44(74)43(73)32(16)62)47(17)77-48(13)46(76)45(75)25(10)55. The van der Waals surface area contributed by atoms with Gasteiger partial charge in [0.2, 0.25) is 0 Å². The summed E-state index contributed by atoms with van der Waals surface area (Å²) in [5.74, 6) is 0. The van der Waals surface area contributed by atoms with Gasteiger partial charge in [0.1, 0.15) is 231 Å². The Bertz CT molecular complexity index is 4690. The Labute approximate surface area is 482 Å². The van der Waals surface area contributed by atoms with Crippen LogP contribution < -0.4 is 153 Å². The maximum atomic E-state index is 7.57. The van der Waals surface area contributed by atoms with Gasteiger partial charge in [-0.1, -0.05) is 92.9 Å². The van der Waals surface area contributed by atoms with Crippen molar-refractivity contribution in [2.45, 2.75) is 0 Å². The summed E-state index contributed by atoms with van der Waals surface area (Å²) in [6, 6.07) is 0. The lowest BCUT2D eigenvalue weighted by Crippen LogP contribution is -2.51. The molecule has 0 bridgehead atoms. The van der Waals surface area contributed by atoms with Gasteiger partial charge < -0.3 is 4.42 Å². The highest BCUT2D eigenvalue weighted by molar-refractivity contribution is 6.79. The van der Waals surface area contributed by atoms with Crippen LogP contribution in [0.3, 0.4) is 0 Å². The normalized spacial score (nSPS) is 12.1. The lowest BCUT2D eigenvalue weighted by atomic mass is 9.56. The van der Waals surface area contributed by atoms with Crippen LogP contribution in [0.5, 0.6) is 0 Å². The number of benzene rings is 10. The van der Waals surface area contributed by atoms with E-state index >= 15 is 0 Å². The SMILES string of the molecule is [B]c1c([B])c(-c2c3c([B])c([B])c([B])c([B])c3c(-c3c([B])c4c([B])c([B])c5c([B])c([B])c([B])c([B])c5c4c4c([B])c([B])c([B])c([B])c34)c3c([B])c([B])c([B])c([B])c23)c2c(oc3c4c([B])c([B])c([B])c([B])c4c([B])c([B])c32)c1[B]. The summed E-state index contributed by atoms with van der Waals surface area (Å²) in [5.41, 5.74) is -4.53. The summed E-state index contributed by atoms with van der Waals surface area (Å²) in [5, 5.41) is 0.623. The van der Waals surface area contributed by atoms with Gasteiger partial charge in [-0.2, -0.15) is 0 Å². The van der Waals surface area contributed by atoms with E-state index in [9.17, 15) is 0 Å². The second-order valence-corrected chi connectivity index (χ2v) is 19.1. The van der Waals surface area contributed by atoms with Crippen molar-refractivity contribution in [2.24, 2.45) is 0 Å². The Morgan fingerprint density at radius 2 is 0.325 bits per heavy atom. The third-order valence-corrected chi connectivity index (χ3v) is 15.5. The van der Waals surface area contributed by atoms with E-state index in [-0.39, 0.29) is 262 Å². The van der Waals surface area contributed by atoms with E-state index in [1.807, 2.05) is 0 Å². The van der Waals surface area contributed by atoms with Crippen LogP contribution in [-0.2, 0) is 0 Å². The third-order valence-electron chi connectivity index (χ3n) is 15.5. The Hall–Kier alpha value is -4.62. The maximum Gasteiger partial charge on any atom is 0.141 e. The largest absolute Gasteiger partial charge is 0.456 e. The minimum Gasteiger partial charge on any atom is -0.456 e. The van der Waals surface area contributed by atoms with Gasteiger partial charge in [-0.3, -0.25) is 0 Å². The number of hydrogen-bond acceptors (Lipinski definition) is 1. The first-order valence-electron chi connectivity index (χ1n) is 22.7. The minimum absolute atomic E-state index is 0.00138. The topological polar surface area (TPSA) is 13.1 Å². The van der Waals surface area contributed by atoms with Crippen molar-refractivity contribution in [1.29, 1.82) is 0 Å². The van der Waals surface area contributed by atoms with Gasteiger partial charge in [0.25, 0.3) is 0 Å². The van der Waals surface area contributed by atoms with Crippen molar-refractivity contribution < 1.29 is 4.42 Å². The van der Waals surface area contributed by atoms with Crippen LogP contribution in [0.4, 0.5) is 0 Å². The maximum absolute atomic E-state index is 7.57. The minimum atomic E-state index is -0.228. The van der Waals surface area contributed by atoms with Gasteiger partial charge in [0.15, 0.2) is 0 Å². The van der Waals surface area contributed by atoms with Crippen molar-refractivity contribution in [1.82, 2.24) is 0 Å². The lowest BCUT2D eigenvalue weighted by Gasteiger charge is -2.33. The zero-order chi connectivity index (χ0) is 56.4. The molecule has 11 aromatic rings. The first kappa shape index (κ1) is 54.3. The fourth-order valence-corrected chi connectivity index (χ4v) is 11.4. The molecule has 0 atom stereocenters. The van der Waals surface area contributed by atoms with Crippen molar-refractivity contribution >= 4 is 459 Å². The van der Waals surface area contributed by atoms with Gasteiger partial charge >= 0.3 is 0 Å². The van der Waals surface area contributed by atoms with Crippen LogP contribution >= 0.6 is 0 Å². The summed E-state index contributed by atoms with van der Waals surface area (Å²) in [7, 11) is 193. The molecule has 0 saturated heterocycles. The van der Waals surface area contributed by atoms with Gasteiger partial charge in [-0.15, -0.1) is 60.1 Å². The molecule has 0 fully saturated rings. The number of furan rings is 1. The van der Waals surface area contributed by atoms with E-state index in [0.29, 0.717) is 0 Å². The van der Waals surface area contributed by atoms with Gasteiger partial charge in [0, 0.05) is 16.2 Å². The predicted molar refractivity (Wildman–Crippen MR) is 360 cm³/mol. The van der Waals surface area contributed by atoms with E-state index in [4.69, 9.17) is 224 Å². The fraction of sp³-hybridized carbons (Fsp3) is 0. The lowest BCUT2D eigenvalue weighted by molar-refractivity contribution is 0.676. The van der Waals surface area contributed by atoms with Crippen LogP contribution in [0.1, 0.15) is 0 Å². The van der Waals surface area contributed by atoms with Crippen LogP contribution in [-0.4, -0.2) is 220 Å². The molecule has 0 spiro atoms. The summed E-state index contributed by atoms with van der Waals surface area (Å²) < 4.78 is 6.66. The summed E-state index contributed by atoms with van der Waals surface area (Å²) in [4.78, 5) is 0. The van der Waals surface area contributed by atoms with Gasteiger partial charge in [-0.25, -0.2) is 0 Å². The second-order valence-electron chi connectivity index (χ2n) is 19.1. The summed E-state index contributed by atoms with van der Waals surface area (Å²) >= 11 is 0. The Morgan fingerprint density at radius 3 is 0.688 bits per heavy atom. The van der Waals surface area contributed by atoms with E-state index in [2.05, 4.69) is 0 Å². The zero-order valence-corrected chi connectivity index (χ0v) is 40.6. The first-order chi connectivity index (χ1) is 36.0. The Kier molecular flexibility index (Phi) is 12.7. The molecule has 11 rings (SSSR count). The molecule has 0 aliphatic rings. The van der Waals surface area contributed by atoms with Crippen LogP contribution in [0.25, 0.3) is 109 Å². The average molecular weight is 895 g/mol. The Balaban J connectivity index is 1.53. The molecule has 77 heavy (non-hydrogen) atoms. The quantitative estimate of drug-likeness (QED) is 0.0957. The van der Waals surface area contributed by atoms with Crippen LogP contribution in [0.2, 0.25) is 0 Å². The van der Waals surface area contributed by atoms with Gasteiger partial charge in [-0.05, 0) is 81.5 Å². The molecule has 282 valence electrons. The Morgan fingerprint density at radius 1 is 0.117 bits per heavy atom.